The van der Waals surface area contributed by atoms with Crippen LogP contribution in [0.4, 0.5) is 5.69 Å². The maximum Gasteiger partial charge on any atom is 0.142 e. The SMILES string of the molecule is Cc1ccccc1COc1ccccc1N. The molecule has 0 saturated heterocycles. The number of anilines is 1. The molecule has 2 N–H and O–H groups in total. The zero-order valence-corrected chi connectivity index (χ0v) is 9.31. The van der Waals surface area contributed by atoms with E-state index in [1.165, 1.54) is 11.1 Å². The van der Waals surface area contributed by atoms with Gasteiger partial charge in [-0.3, -0.25) is 0 Å². The Hall–Kier alpha value is -1.96. The smallest absolute Gasteiger partial charge is 0.142 e. The third-order valence-corrected chi connectivity index (χ3v) is 2.56. The molecule has 0 amide bonds. The molecule has 0 unspecified atom stereocenters. The van der Waals surface area contributed by atoms with Crippen molar-refractivity contribution in [1.29, 1.82) is 0 Å². The minimum atomic E-state index is 0.556. The van der Waals surface area contributed by atoms with Crippen molar-refractivity contribution in [1.82, 2.24) is 0 Å². The van der Waals surface area contributed by atoms with Crippen molar-refractivity contribution in [2.75, 3.05) is 5.73 Å². The highest BCUT2D eigenvalue weighted by atomic mass is 16.5. The summed E-state index contributed by atoms with van der Waals surface area (Å²) >= 11 is 0. The van der Waals surface area contributed by atoms with E-state index in [1.807, 2.05) is 36.4 Å². The standard InChI is InChI=1S/C14H15NO/c1-11-6-2-3-7-12(11)10-16-14-9-5-4-8-13(14)15/h2-9H,10,15H2,1H3. The Bertz CT molecular complexity index is 434. The largest absolute Gasteiger partial charge is 0.487 e. The van der Waals surface area contributed by atoms with Crippen molar-refractivity contribution in [3.8, 4) is 5.75 Å². The molecule has 0 spiro atoms. The molecule has 0 heterocycles. The fraction of sp³-hybridized carbons (Fsp3) is 0.143. The van der Waals surface area contributed by atoms with E-state index in [-0.39, 0.29) is 0 Å². The van der Waals surface area contributed by atoms with Crippen LogP contribution in [0, 0.1) is 6.92 Å². The van der Waals surface area contributed by atoms with E-state index < -0.39 is 0 Å². The van der Waals surface area contributed by atoms with Gasteiger partial charge in [-0.1, -0.05) is 36.4 Å². The minimum Gasteiger partial charge on any atom is -0.487 e. The number of rotatable bonds is 3. The number of hydrogen-bond donors (Lipinski definition) is 1. The molecule has 82 valence electrons. The Balaban J connectivity index is 2.09. The molecule has 2 heteroatoms. The highest BCUT2D eigenvalue weighted by molar-refractivity contribution is 5.51. The quantitative estimate of drug-likeness (QED) is 0.795. The van der Waals surface area contributed by atoms with Gasteiger partial charge in [-0.2, -0.15) is 0 Å². The highest BCUT2D eigenvalue weighted by Gasteiger charge is 2.01. The zero-order valence-electron chi connectivity index (χ0n) is 9.31. The first-order valence-electron chi connectivity index (χ1n) is 5.29. The predicted octanol–water partition coefficient (Wildman–Crippen LogP) is 3.16. The van der Waals surface area contributed by atoms with Crippen LogP contribution in [-0.2, 0) is 6.61 Å². The number of benzene rings is 2. The van der Waals surface area contributed by atoms with Crippen LogP contribution in [0.25, 0.3) is 0 Å². The normalized spacial score (nSPS) is 10.1. The van der Waals surface area contributed by atoms with Gasteiger partial charge in [0.2, 0.25) is 0 Å². The molecule has 0 fully saturated rings. The summed E-state index contributed by atoms with van der Waals surface area (Å²) in [6, 6.07) is 15.7. The van der Waals surface area contributed by atoms with E-state index in [0.717, 1.165) is 5.75 Å². The lowest BCUT2D eigenvalue weighted by Crippen LogP contribution is -1.99. The van der Waals surface area contributed by atoms with Gasteiger partial charge >= 0.3 is 0 Å². The fourth-order valence-corrected chi connectivity index (χ4v) is 1.54. The van der Waals surface area contributed by atoms with Crippen molar-refractivity contribution in [2.45, 2.75) is 13.5 Å². The van der Waals surface area contributed by atoms with E-state index in [4.69, 9.17) is 10.5 Å². The number of ether oxygens (including phenoxy) is 1. The van der Waals surface area contributed by atoms with Gasteiger partial charge in [-0.25, -0.2) is 0 Å². The van der Waals surface area contributed by atoms with E-state index in [2.05, 4.69) is 19.1 Å². The van der Waals surface area contributed by atoms with Crippen LogP contribution in [0.1, 0.15) is 11.1 Å². The molecule has 2 nitrogen and oxygen atoms in total. The second-order valence-corrected chi connectivity index (χ2v) is 3.75. The fourth-order valence-electron chi connectivity index (χ4n) is 1.54. The third kappa shape index (κ3) is 2.34. The first kappa shape index (κ1) is 10.6. The molecule has 0 aliphatic heterocycles. The molecule has 0 aliphatic carbocycles. The Morgan fingerprint density at radius 3 is 2.44 bits per heavy atom. The van der Waals surface area contributed by atoms with Crippen LogP contribution in [0.2, 0.25) is 0 Å². The van der Waals surface area contributed by atoms with Crippen molar-refractivity contribution in [3.05, 3.63) is 59.7 Å². The summed E-state index contributed by atoms with van der Waals surface area (Å²) in [6.07, 6.45) is 0. The Morgan fingerprint density at radius 2 is 1.69 bits per heavy atom. The van der Waals surface area contributed by atoms with Gasteiger partial charge in [-0.05, 0) is 30.2 Å². The van der Waals surface area contributed by atoms with Gasteiger partial charge in [0, 0.05) is 0 Å². The van der Waals surface area contributed by atoms with E-state index in [9.17, 15) is 0 Å². The van der Waals surface area contributed by atoms with Crippen LogP contribution in [0.5, 0.6) is 5.75 Å². The lowest BCUT2D eigenvalue weighted by Gasteiger charge is -2.10. The summed E-state index contributed by atoms with van der Waals surface area (Å²) in [5, 5.41) is 0. The van der Waals surface area contributed by atoms with Crippen molar-refractivity contribution >= 4 is 5.69 Å². The Kier molecular flexibility index (Phi) is 3.10. The molecule has 0 bridgehead atoms. The molecule has 0 radical (unpaired) electrons. The summed E-state index contributed by atoms with van der Waals surface area (Å²) in [7, 11) is 0. The molecular formula is C14H15NO. The third-order valence-electron chi connectivity index (χ3n) is 2.56. The molecule has 0 aliphatic rings. The summed E-state index contributed by atoms with van der Waals surface area (Å²) in [5.41, 5.74) is 8.89. The first-order chi connectivity index (χ1) is 7.77. The van der Waals surface area contributed by atoms with E-state index in [0.29, 0.717) is 12.3 Å². The lowest BCUT2D eigenvalue weighted by atomic mass is 10.1. The van der Waals surface area contributed by atoms with Crippen LogP contribution in [-0.4, -0.2) is 0 Å². The van der Waals surface area contributed by atoms with E-state index >= 15 is 0 Å². The molecular weight excluding hydrogens is 198 g/mol. The monoisotopic (exact) mass is 213 g/mol. The molecule has 2 aromatic carbocycles. The Labute approximate surface area is 95.7 Å². The second kappa shape index (κ2) is 4.71. The molecule has 0 atom stereocenters. The summed E-state index contributed by atoms with van der Waals surface area (Å²) in [6.45, 7) is 2.63. The second-order valence-electron chi connectivity index (χ2n) is 3.75. The topological polar surface area (TPSA) is 35.2 Å². The maximum atomic E-state index is 5.80. The molecule has 16 heavy (non-hydrogen) atoms. The van der Waals surface area contributed by atoms with Gasteiger partial charge in [0.05, 0.1) is 5.69 Å². The van der Waals surface area contributed by atoms with E-state index in [1.54, 1.807) is 0 Å². The number of hydrogen-bond acceptors (Lipinski definition) is 2. The van der Waals surface area contributed by atoms with Gasteiger partial charge in [-0.15, -0.1) is 0 Å². The zero-order chi connectivity index (χ0) is 11.4. The van der Waals surface area contributed by atoms with Crippen molar-refractivity contribution in [2.24, 2.45) is 0 Å². The van der Waals surface area contributed by atoms with Gasteiger partial charge < -0.3 is 10.5 Å². The number of aryl methyl sites for hydroxylation is 1. The number of nitrogens with two attached hydrogens (primary N) is 1. The van der Waals surface area contributed by atoms with Gasteiger partial charge in [0.1, 0.15) is 12.4 Å². The highest BCUT2D eigenvalue weighted by Crippen LogP contribution is 2.21. The van der Waals surface area contributed by atoms with Crippen molar-refractivity contribution < 1.29 is 4.74 Å². The first-order valence-corrected chi connectivity index (χ1v) is 5.29. The van der Waals surface area contributed by atoms with Gasteiger partial charge in [0.25, 0.3) is 0 Å². The van der Waals surface area contributed by atoms with Crippen LogP contribution in [0.15, 0.2) is 48.5 Å². The summed E-state index contributed by atoms with van der Waals surface area (Å²) in [5.74, 6) is 0.741. The summed E-state index contributed by atoms with van der Waals surface area (Å²) in [4.78, 5) is 0. The molecule has 2 rings (SSSR count). The average molecular weight is 213 g/mol. The predicted molar refractivity (Wildman–Crippen MR) is 66.4 cm³/mol. The molecule has 0 aromatic heterocycles. The average Bonchev–Trinajstić information content (AvgIpc) is 2.30. The minimum absolute atomic E-state index is 0.556. The van der Waals surface area contributed by atoms with Crippen LogP contribution in [0.3, 0.4) is 0 Å². The maximum absolute atomic E-state index is 5.80. The van der Waals surface area contributed by atoms with Crippen LogP contribution >= 0.6 is 0 Å². The summed E-state index contributed by atoms with van der Waals surface area (Å²) < 4.78 is 5.68. The lowest BCUT2D eigenvalue weighted by molar-refractivity contribution is 0.307. The molecule has 0 saturated carbocycles. The Morgan fingerprint density at radius 1 is 1.00 bits per heavy atom. The number of para-hydroxylation sites is 2. The number of nitrogen functional groups attached to an aromatic ring is 1. The van der Waals surface area contributed by atoms with Gasteiger partial charge in [0.15, 0.2) is 0 Å². The van der Waals surface area contributed by atoms with Crippen molar-refractivity contribution in [3.63, 3.8) is 0 Å². The van der Waals surface area contributed by atoms with Crippen LogP contribution < -0.4 is 10.5 Å². The molecule has 2 aromatic rings.